The summed E-state index contributed by atoms with van der Waals surface area (Å²) in [5, 5.41) is 8.31. The largest absolute Gasteiger partial charge is 0.329 e. The molecule has 1 aromatic rings. The number of hydrogen-bond acceptors (Lipinski definition) is 2. The number of alkyl halides is 2. The first-order chi connectivity index (χ1) is 6.15. The van der Waals surface area contributed by atoms with E-state index in [9.17, 15) is 13.6 Å². The highest BCUT2D eigenvalue weighted by Gasteiger charge is 2.12. The minimum absolute atomic E-state index is 0.129. The Bertz CT molecular complexity index is 392. The molecule has 5 heteroatoms. The molecule has 3 nitrogen and oxygen atoms in total. The Hall–Kier alpha value is -1.70. The predicted molar refractivity (Wildman–Crippen MR) is 41.3 cm³/mol. The average Bonchev–Trinajstić information content (AvgIpc) is 2.08. The molecular weight excluding hydrogens is 178 g/mol. The second kappa shape index (κ2) is 3.81. The summed E-state index contributed by atoms with van der Waals surface area (Å²) in [5.74, 6) is 0. The molecule has 1 N–H and O–H groups in total. The van der Waals surface area contributed by atoms with Crippen molar-refractivity contribution in [1.29, 1.82) is 5.26 Å². The number of nitriles is 1. The van der Waals surface area contributed by atoms with Crippen LogP contribution >= 0.6 is 0 Å². The third-order valence-electron chi connectivity index (χ3n) is 1.55. The molecular formula is C8H6F2N2O. The predicted octanol–water partition coefficient (Wildman–Crippen LogP) is 1.38. The molecule has 0 fully saturated rings. The van der Waals surface area contributed by atoms with E-state index in [2.05, 4.69) is 4.98 Å². The number of H-pyrrole nitrogens is 1. The summed E-state index contributed by atoms with van der Waals surface area (Å²) in [6.45, 7) is 0. The number of aromatic amines is 1. The van der Waals surface area contributed by atoms with E-state index in [-0.39, 0.29) is 17.5 Å². The molecule has 0 saturated heterocycles. The summed E-state index contributed by atoms with van der Waals surface area (Å²) in [6, 6.07) is 2.56. The van der Waals surface area contributed by atoms with E-state index >= 15 is 0 Å². The smallest absolute Gasteiger partial charge is 0.264 e. The Morgan fingerprint density at radius 2 is 2.31 bits per heavy atom. The maximum absolute atomic E-state index is 12.3. The molecule has 0 spiro atoms. The molecule has 0 aliphatic heterocycles. The van der Waals surface area contributed by atoms with Crippen LogP contribution in [0.2, 0.25) is 0 Å². The standard InChI is InChI=1S/C8H6F2N2O/c9-8(10)6-3-7(13)12-4-5(6)1-2-11/h3-4,8H,1H2,(H,12,13). The van der Waals surface area contributed by atoms with Crippen LogP contribution in [0.1, 0.15) is 17.6 Å². The van der Waals surface area contributed by atoms with Crippen molar-refractivity contribution in [3.8, 4) is 6.07 Å². The fourth-order valence-electron chi connectivity index (χ4n) is 0.959. The van der Waals surface area contributed by atoms with Gasteiger partial charge in [0.15, 0.2) is 0 Å². The summed E-state index contributed by atoms with van der Waals surface area (Å²) in [7, 11) is 0. The lowest BCUT2D eigenvalue weighted by Gasteiger charge is -2.03. The van der Waals surface area contributed by atoms with Crippen molar-refractivity contribution in [3.63, 3.8) is 0 Å². The van der Waals surface area contributed by atoms with Crippen LogP contribution in [0.15, 0.2) is 17.1 Å². The van der Waals surface area contributed by atoms with Gasteiger partial charge in [-0.2, -0.15) is 5.26 Å². The SMILES string of the molecule is N#CCc1c[nH]c(=O)cc1C(F)F. The van der Waals surface area contributed by atoms with Crippen molar-refractivity contribution < 1.29 is 8.78 Å². The molecule has 0 unspecified atom stereocenters. The Balaban J connectivity index is 3.20. The molecule has 0 aliphatic rings. The van der Waals surface area contributed by atoms with Crippen molar-refractivity contribution in [2.75, 3.05) is 0 Å². The zero-order valence-corrected chi connectivity index (χ0v) is 6.55. The number of nitrogens with one attached hydrogen (secondary N) is 1. The fourth-order valence-corrected chi connectivity index (χ4v) is 0.959. The van der Waals surface area contributed by atoms with Crippen LogP contribution < -0.4 is 5.56 Å². The van der Waals surface area contributed by atoms with Crippen LogP contribution in [0.3, 0.4) is 0 Å². The minimum atomic E-state index is -2.72. The normalized spacial score (nSPS) is 10.0. The Morgan fingerprint density at radius 3 is 2.85 bits per heavy atom. The van der Waals surface area contributed by atoms with Crippen molar-refractivity contribution >= 4 is 0 Å². The topological polar surface area (TPSA) is 56.6 Å². The molecule has 0 radical (unpaired) electrons. The second-order valence-electron chi connectivity index (χ2n) is 2.41. The number of rotatable bonds is 2. The van der Waals surface area contributed by atoms with Crippen molar-refractivity contribution in [1.82, 2.24) is 4.98 Å². The summed E-state index contributed by atoms with van der Waals surface area (Å²) >= 11 is 0. The molecule has 0 saturated carbocycles. The summed E-state index contributed by atoms with van der Waals surface area (Å²) < 4.78 is 24.5. The quantitative estimate of drug-likeness (QED) is 0.754. The van der Waals surface area contributed by atoms with Gasteiger partial charge in [0.2, 0.25) is 5.56 Å². The summed E-state index contributed by atoms with van der Waals surface area (Å²) in [6.07, 6.45) is -1.70. The van der Waals surface area contributed by atoms with E-state index in [0.717, 1.165) is 12.3 Å². The lowest BCUT2D eigenvalue weighted by atomic mass is 10.1. The summed E-state index contributed by atoms with van der Waals surface area (Å²) in [5.41, 5.74) is -0.792. The van der Waals surface area contributed by atoms with Gasteiger partial charge in [0.25, 0.3) is 6.43 Å². The first-order valence-corrected chi connectivity index (χ1v) is 3.51. The van der Waals surface area contributed by atoms with Crippen molar-refractivity contribution in [2.45, 2.75) is 12.8 Å². The van der Waals surface area contributed by atoms with E-state index in [1.807, 2.05) is 0 Å². The van der Waals surface area contributed by atoms with Crippen LogP contribution in [-0.4, -0.2) is 4.98 Å². The molecule has 0 amide bonds. The molecule has 13 heavy (non-hydrogen) atoms. The zero-order valence-electron chi connectivity index (χ0n) is 6.55. The number of hydrogen-bond donors (Lipinski definition) is 1. The maximum atomic E-state index is 12.3. The van der Waals surface area contributed by atoms with Crippen LogP contribution in [0.25, 0.3) is 0 Å². The Labute approximate surface area is 72.6 Å². The highest BCUT2D eigenvalue weighted by Crippen LogP contribution is 2.20. The average molecular weight is 184 g/mol. The van der Waals surface area contributed by atoms with E-state index in [4.69, 9.17) is 5.26 Å². The van der Waals surface area contributed by atoms with Crippen LogP contribution in [-0.2, 0) is 6.42 Å². The van der Waals surface area contributed by atoms with Gasteiger partial charge in [-0.15, -0.1) is 0 Å². The van der Waals surface area contributed by atoms with Crippen molar-refractivity contribution in [2.24, 2.45) is 0 Å². The van der Waals surface area contributed by atoms with Gasteiger partial charge < -0.3 is 4.98 Å². The lowest BCUT2D eigenvalue weighted by Crippen LogP contribution is -2.08. The number of pyridine rings is 1. The van der Waals surface area contributed by atoms with Gasteiger partial charge >= 0.3 is 0 Å². The van der Waals surface area contributed by atoms with Gasteiger partial charge in [0.1, 0.15) is 0 Å². The van der Waals surface area contributed by atoms with Crippen LogP contribution in [0.4, 0.5) is 8.78 Å². The molecule has 1 heterocycles. The van der Waals surface area contributed by atoms with Crippen molar-refractivity contribution in [3.05, 3.63) is 33.7 Å². The van der Waals surface area contributed by atoms with E-state index < -0.39 is 12.0 Å². The molecule has 0 atom stereocenters. The Morgan fingerprint density at radius 1 is 1.62 bits per heavy atom. The fraction of sp³-hybridized carbons (Fsp3) is 0.250. The van der Waals surface area contributed by atoms with Gasteiger partial charge in [0, 0.05) is 17.8 Å². The number of nitrogens with zero attached hydrogens (tertiary/aromatic N) is 1. The molecule has 1 rings (SSSR count). The first-order valence-electron chi connectivity index (χ1n) is 3.51. The van der Waals surface area contributed by atoms with E-state index in [1.165, 1.54) is 0 Å². The second-order valence-corrected chi connectivity index (χ2v) is 2.41. The van der Waals surface area contributed by atoms with Gasteiger partial charge in [-0.1, -0.05) is 0 Å². The third-order valence-corrected chi connectivity index (χ3v) is 1.55. The molecule has 68 valence electrons. The summed E-state index contributed by atoms with van der Waals surface area (Å²) in [4.78, 5) is 12.9. The maximum Gasteiger partial charge on any atom is 0.264 e. The van der Waals surface area contributed by atoms with Crippen LogP contribution in [0, 0.1) is 11.3 Å². The molecule has 1 aromatic heterocycles. The van der Waals surface area contributed by atoms with Gasteiger partial charge in [0.05, 0.1) is 12.5 Å². The lowest BCUT2D eigenvalue weighted by molar-refractivity contribution is 0.150. The number of aromatic nitrogens is 1. The first kappa shape index (κ1) is 9.39. The van der Waals surface area contributed by atoms with E-state index in [1.54, 1.807) is 6.07 Å². The molecule has 0 aromatic carbocycles. The molecule has 0 aliphatic carbocycles. The number of halogens is 2. The third kappa shape index (κ3) is 2.12. The van der Waals surface area contributed by atoms with Gasteiger partial charge in [-0.3, -0.25) is 4.79 Å². The monoisotopic (exact) mass is 184 g/mol. The van der Waals surface area contributed by atoms with Gasteiger partial charge in [-0.05, 0) is 5.56 Å². The van der Waals surface area contributed by atoms with Crippen LogP contribution in [0.5, 0.6) is 0 Å². The molecule has 0 bridgehead atoms. The Kier molecular flexibility index (Phi) is 2.75. The van der Waals surface area contributed by atoms with Gasteiger partial charge in [-0.25, -0.2) is 8.78 Å². The highest BCUT2D eigenvalue weighted by atomic mass is 19.3. The highest BCUT2D eigenvalue weighted by molar-refractivity contribution is 5.26. The van der Waals surface area contributed by atoms with E-state index in [0.29, 0.717) is 0 Å². The minimum Gasteiger partial charge on any atom is -0.329 e. The zero-order chi connectivity index (χ0) is 9.84.